The van der Waals surface area contributed by atoms with Gasteiger partial charge in [-0.3, -0.25) is 4.79 Å². The van der Waals surface area contributed by atoms with Crippen molar-refractivity contribution in [2.45, 2.75) is 31.6 Å². The van der Waals surface area contributed by atoms with Crippen LogP contribution >= 0.6 is 11.3 Å². The highest BCUT2D eigenvalue weighted by molar-refractivity contribution is 7.89. The van der Waals surface area contributed by atoms with Crippen molar-refractivity contribution in [2.75, 3.05) is 13.1 Å². The Hall–Kier alpha value is -2.29. The molecule has 1 amide bonds. The summed E-state index contributed by atoms with van der Waals surface area (Å²) in [6, 6.07) is 10.3. The molecule has 0 atom stereocenters. The zero-order valence-corrected chi connectivity index (χ0v) is 18.3. The van der Waals surface area contributed by atoms with E-state index in [4.69, 9.17) is 0 Å². The fraction of sp³-hybridized carbons (Fsp3) is 0.333. The molecular formula is C21H23N3O3S2. The summed E-state index contributed by atoms with van der Waals surface area (Å²) in [6.07, 6.45) is 1.78. The highest BCUT2D eigenvalue weighted by Crippen LogP contribution is 2.23. The lowest BCUT2D eigenvalue weighted by molar-refractivity contribution is 0.0998. The van der Waals surface area contributed by atoms with Crippen molar-refractivity contribution in [3.05, 3.63) is 57.9 Å². The van der Waals surface area contributed by atoms with Crippen LogP contribution in [0.15, 0.2) is 46.3 Å². The normalized spacial score (nSPS) is 16.0. The number of rotatable bonds is 3. The smallest absolute Gasteiger partial charge is 0.279 e. The van der Waals surface area contributed by atoms with Crippen molar-refractivity contribution in [1.82, 2.24) is 8.87 Å². The summed E-state index contributed by atoms with van der Waals surface area (Å²) in [7, 11) is -1.58. The molecule has 4 rings (SSSR count). The van der Waals surface area contributed by atoms with Crippen molar-refractivity contribution < 1.29 is 13.2 Å². The van der Waals surface area contributed by atoms with E-state index >= 15 is 0 Å². The lowest BCUT2D eigenvalue weighted by atomic mass is 10.1. The molecule has 0 saturated carbocycles. The maximum Gasteiger partial charge on any atom is 0.279 e. The molecule has 6 nitrogen and oxygen atoms in total. The molecule has 1 aliphatic heterocycles. The van der Waals surface area contributed by atoms with E-state index in [0.29, 0.717) is 23.5 Å². The second-order valence-electron chi connectivity index (χ2n) is 7.42. The number of aryl methyl sites for hydroxylation is 3. The molecule has 0 N–H and O–H groups in total. The minimum atomic E-state index is -3.48. The first-order valence-corrected chi connectivity index (χ1v) is 11.8. The topological polar surface area (TPSA) is 71.7 Å². The van der Waals surface area contributed by atoms with Gasteiger partial charge in [0.2, 0.25) is 10.0 Å². The summed E-state index contributed by atoms with van der Waals surface area (Å²) in [6.45, 7) is 5.21. The van der Waals surface area contributed by atoms with E-state index in [-0.39, 0.29) is 10.8 Å². The number of aromatic nitrogens is 1. The molecule has 0 aliphatic carbocycles. The van der Waals surface area contributed by atoms with Crippen molar-refractivity contribution in [2.24, 2.45) is 12.0 Å². The van der Waals surface area contributed by atoms with Gasteiger partial charge in [-0.25, -0.2) is 8.42 Å². The van der Waals surface area contributed by atoms with Crippen molar-refractivity contribution in [3.63, 3.8) is 0 Å². The summed E-state index contributed by atoms with van der Waals surface area (Å²) < 4.78 is 29.8. The number of carbonyl (C=O) groups excluding carboxylic acids is 1. The van der Waals surface area contributed by atoms with Crippen LogP contribution in [0.25, 0.3) is 10.2 Å². The van der Waals surface area contributed by atoms with Gasteiger partial charge < -0.3 is 4.57 Å². The number of hydrogen-bond acceptors (Lipinski definition) is 4. The molecule has 2 heterocycles. The second kappa shape index (κ2) is 7.51. The fourth-order valence-corrected chi connectivity index (χ4v) is 6.50. The third-order valence-electron chi connectivity index (χ3n) is 5.23. The standard InChI is InChI=1S/C21H23N3O3S2/c1-14-12-15(2)19-18(13-14)28-21(23(19)3)22-20(25)16-6-8-17(9-7-16)29(26,27)24-10-4-5-11-24/h6-9,12-13H,4-5,10-11H2,1-3H3. The molecule has 1 aromatic heterocycles. The first-order valence-electron chi connectivity index (χ1n) is 9.53. The Balaban J connectivity index is 1.66. The van der Waals surface area contributed by atoms with E-state index in [1.165, 1.54) is 45.5 Å². The summed E-state index contributed by atoms with van der Waals surface area (Å²) in [4.78, 5) is 17.8. The minimum absolute atomic E-state index is 0.217. The Morgan fingerprint density at radius 1 is 1.07 bits per heavy atom. The molecule has 0 bridgehead atoms. The Morgan fingerprint density at radius 3 is 2.38 bits per heavy atom. The average molecular weight is 430 g/mol. The van der Waals surface area contributed by atoms with E-state index in [2.05, 4.69) is 17.1 Å². The zero-order valence-electron chi connectivity index (χ0n) is 16.7. The Morgan fingerprint density at radius 2 is 1.72 bits per heavy atom. The summed E-state index contributed by atoms with van der Waals surface area (Å²) in [5.41, 5.74) is 3.75. The highest BCUT2D eigenvalue weighted by Gasteiger charge is 2.27. The lowest BCUT2D eigenvalue weighted by Gasteiger charge is -2.15. The monoisotopic (exact) mass is 429 g/mol. The Kier molecular flexibility index (Phi) is 5.18. The molecule has 0 radical (unpaired) electrons. The Bertz CT molecular complexity index is 1260. The molecule has 1 fully saturated rings. The van der Waals surface area contributed by atoms with Crippen LogP contribution in [0.3, 0.4) is 0 Å². The summed E-state index contributed by atoms with van der Waals surface area (Å²) >= 11 is 1.47. The minimum Gasteiger partial charge on any atom is -0.319 e. The second-order valence-corrected chi connectivity index (χ2v) is 10.4. The quantitative estimate of drug-likeness (QED) is 0.641. The molecule has 8 heteroatoms. The summed E-state index contributed by atoms with van der Waals surface area (Å²) in [5.74, 6) is -0.383. The molecule has 152 valence electrons. The molecule has 0 unspecified atom stereocenters. The van der Waals surface area contributed by atoms with Crippen molar-refractivity contribution >= 4 is 37.5 Å². The van der Waals surface area contributed by atoms with Gasteiger partial charge in [0, 0.05) is 25.7 Å². The maximum absolute atomic E-state index is 12.7. The number of fused-ring (bicyclic) bond motifs is 1. The molecule has 1 saturated heterocycles. The SMILES string of the molecule is Cc1cc(C)c2c(c1)sc(=NC(=O)c1ccc(S(=O)(=O)N3CCCC3)cc1)n2C. The molecule has 0 spiro atoms. The van der Waals surface area contributed by atoms with Gasteiger partial charge in [0.1, 0.15) is 0 Å². The van der Waals surface area contributed by atoms with Gasteiger partial charge in [0.05, 0.1) is 15.1 Å². The van der Waals surface area contributed by atoms with Crippen LogP contribution in [-0.4, -0.2) is 36.3 Å². The lowest BCUT2D eigenvalue weighted by Crippen LogP contribution is -2.27. The van der Waals surface area contributed by atoms with Crippen LogP contribution in [0.1, 0.15) is 34.3 Å². The predicted molar refractivity (Wildman–Crippen MR) is 115 cm³/mol. The molecular weight excluding hydrogens is 406 g/mol. The maximum atomic E-state index is 12.7. The Labute approximate surface area is 174 Å². The van der Waals surface area contributed by atoms with Gasteiger partial charge in [-0.2, -0.15) is 9.30 Å². The fourth-order valence-electron chi connectivity index (χ4n) is 3.79. The van der Waals surface area contributed by atoms with Crippen LogP contribution in [0, 0.1) is 13.8 Å². The number of benzene rings is 2. The zero-order chi connectivity index (χ0) is 20.8. The van der Waals surface area contributed by atoms with Gasteiger partial charge in [0.25, 0.3) is 5.91 Å². The van der Waals surface area contributed by atoms with E-state index in [1.54, 1.807) is 0 Å². The predicted octanol–water partition coefficient (Wildman–Crippen LogP) is 3.38. The van der Waals surface area contributed by atoms with Gasteiger partial charge in [-0.05, 0) is 68.1 Å². The van der Waals surface area contributed by atoms with E-state index in [1.807, 2.05) is 25.5 Å². The van der Waals surface area contributed by atoms with Crippen molar-refractivity contribution in [3.8, 4) is 0 Å². The summed E-state index contributed by atoms with van der Waals surface area (Å²) in [5, 5.41) is 0. The van der Waals surface area contributed by atoms with Crippen LogP contribution in [0.2, 0.25) is 0 Å². The first kappa shape index (κ1) is 20.0. The number of thiazole rings is 1. The van der Waals surface area contributed by atoms with Gasteiger partial charge >= 0.3 is 0 Å². The van der Waals surface area contributed by atoms with E-state index < -0.39 is 10.0 Å². The van der Waals surface area contributed by atoms with Crippen LogP contribution in [0.4, 0.5) is 0 Å². The third kappa shape index (κ3) is 3.68. The third-order valence-corrected chi connectivity index (χ3v) is 8.23. The van der Waals surface area contributed by atoms with Crippen LogP contribution in [-0.2, 0) is 17.1 Å². The molecule has 3 aromatic rings. The average Bonchev–Trinajstić information content (AvgIpc) is 3.31. The first-order chi connectivity index (χ1) is 13.8. The highest BCUT2D eigenvalue weighted by atomic mass is 32.2. The van der Waals surface area contributed by atoms with Crippen molar-refractivity contribution in [1.29, 1.82) is 0 Å². The largest absolute Gasteiger partial charge is 0.319 e. The van der Waals surface area contributed by atoms with Gasteiger partial charge in [-0.1, -0.05) is 17.4 Å². The van der Waals surface area contributed by atoms with Crippen LogP contribution in [0.5, 0.6) is 0 Å². The number of carbonyl (C=O) groups is 1. The van der Waals surface area contributed by atoms with Crippen LogP contribution < -0.4 is 4.80 Å². The number of nitrogens with zero attached hydrogens (tertiary/aromatic N) is 3. The van der Waals surface area contributed by atoms with E-state index in [9.17, 15) is 13.2 Å². The van der Waals surface area contributed by atoms with Gasteiger partial charge in [0.15, 0.2) is 4.80 Å². The number of amides is 1. The molecule has 29 heavy (non-hydrogen) atoms. The number of hydrogen-bond donors (Lipinski definition) is 0. The number of sulfonamides is 1. The molecule has 2 aromatic carbocycles. The van der Waals surface area contributed by atoms with E-state index in [0.717, 1.165) is 28.6 Å². The van der Waals surface area contributed by atoms with Gasteiger partial charge in [-0.15, -0.1) is 0 Å². The molecule has 1 aliphatic rings.